The summed E-state index contributed by atoms with van der Waals surface area (Å²) in [6.45, 7) is 4.38. The highest BCUT2D eigenvalue weighted by Gasteiger charge is 2.15. The van der Waals surface area contributed by atoms with Crippen molar-refractivity contribution >= 4 is 52.5 Å². The third-order valence-corrected chi connectivity index (χ3v) is 5.61. The molecule has 1 heterocycles. The van der Waals surface area contributed by atoms with Gasteiger partial charge in [-0.15, -0.1) is 16.8 Å². The Balaban J connectivity index is 1.61. The fraction of sp³-hybridized carbons (Fsp3) is 0.143. The second kappa shape index (κ2) is 11.0. The van der Waals surface area contributed by atoms with Gasteiger partial charge in [0, 0.05) is 17.1 Å². The van der Waals surface area contributed by atoms with Gasteiger partial charge in [0.1, 0.15) is 0 Å². The molecule has 0 aliphatic carbocycles. The smallest absolute Gasteiger partial charge is 0.251 e. The first kappa shape index (κ1) is 22.9. The number of hydrogen-bond donors (Lipinski definition) is 2. The lowest BCUT2D eigenvalue weighted by Gasteiger charge is -2.10. The van der Waals surface area contributed by atoms with E-state index in [-0.39, 0.29) is 24.1 Å². The van der Waals surface area contributed by atoms with Crippen molar-refractivity contribution in [3.05, 3.63) is 82.6 Å². The van der Waals surface area contributed by atoms with Gasteiger partial charge in [-0.3, -0.25) is 9.59 Å². The summed E-state index contributed by atoms with van der Waals surface area (Å²) in [5.74, 6) is 0.182. The molecule has 0 atom stereocenters. The minimum Gasteiger partial charge on any atom is -0.345 e. The van der Waals surface area contributed by atoms with Crippen LogP contribution in [-0.2, 0) is 17.9 Å². The second-order valence-corrected chi connectivity index (χ2v) is 8.09. The highest BCUT2D eigenvalue weighted by atomic mass is 35.5. The maximum atomic E-state index is 12.3. The standard InChI is InChI=1S/C21H19Cl2N5O2S/c1-2-10-28-18(12-24-20(30)14-6-4-3-5-7-14)26-27-21(28)31-13-19(29)25-17-11-15(22)8-9-16(17)23/h2-9,11H,1,10,12-13H2,(H,24,30)(H,25,29). The quantitative estimate of drug-likeness (QED) is 0.352. The van der Waals surface area contributed by atoms with Crippen LogP contribution in [0.3, 0.4) is 0 Å². The Morgan fingerprint density at radius 3 is 2.65 bits per heavy atom. The summed E-state index contributed by atoms with van der Waals surface area (Å²) in [5, 5.41) is 15.3. The molecule has 10 heteroatoms. The summed E-state index contributed by atoms with van der Waals surface area (Å²) in [5.41, 5.74) is 1.000. The first-order valence-corrected chi connectivity index (χ1v) is 11.0. The van der Waals surface area contributed by atoms with Crippen molar-refractivity contribution in [2.45, 2.75) is 18.2 Å². The van der Waals surface area contributed by atoms with Crippen molar-refractivity contribution in [2.75, 3.05) is 11.1 Å². The molecule has 1 aromatic heterocycles. The van der Waals surface area contributed by atoms with Crippen molar-refractivity contribution in [2.24, 2.45) is 0 Å². The molecular formula is C21H19Cl2N5O2S. The number of aromatic nitrogens is 3. The Labute approximate surface area is 193 Å². The van der Waals surface area contributed by atoms with E-state index in [1.807, 2.05) is 6.07 Å². The number of amides is 2. The van der Waals surface area contributed by atoms with Gasteiger partial charge in [0.15, 0.2) is 11.0 Å². The van der Waals surface area contributed by atoms with E-state index in [0.29, 0.717) is 38.8 Å². The molecule has 0 saturated heterocycles. The van der Waals surface area contributed by atoms with Crippen LogP contribution in [0.1, 0.15) is 16.2 Å². The molecule has 0 aliphatic heterocycles. The molecule has 7 nitrogen and oxygen atoms in total. The van der Waals surface area contributed by atoms with Gasteiger partial charge >= 0.3 is 0 Å². The van der Waals surface area contributed by atoms with Crippen LogP contribution in [0.2, 0.25) is 10.0 Å². The fourth-order valence-electron chi connectivity index (χ4n) is 2.63. The maximum Gasteiger partial charge on any atom is 0.251 e. The molecule has 0 bridgehead atoms. The number of carbonyl (C=O) groups is 2. The van der Waals surface area contributed by atoms with Crippen LogP contribution in [0.5, 0.6) is 0 Å². The molecular weight excluding hydrogens is 457 g/mol. The number of nitrogens with zero attached hydrogens (tertiary/aromatic N) is 3. The molecule has 160 valence electrons. The first-order chi connectivity index (χ1) is 15.0. The van der Waals surface area contributed by atoms with Crippen LogP contribution in [0.15, 0.2) is 66.3 Å². The summed E-state index contributed by atoms with van der Waals surface area (Å²) in [6, 6.07) is 13.7. The topological polar surface area (TPSA) is 88.9 Å². The van der Waals surface area contributed by atoms with Gasteiger partial charge in [-0.1, -0.05) is 59.2 Å². The largest absolute Gasteiger partial charge is 0.345 e. The fourth-order valence-corrected chi connectivity index (χ4v) is 3.73. The van der Waals surface area contributed by atoms with Gasteiger partial charge in [-0.25, -0.2) is 0 Å². The molecule has 31 heavy (non-hydrogen) atoms. The molecule has 0 saturated carbocycles. The molecule has 3 aromatic rings. The number of halogens is 2. The summed E-state index contributed by atoms with van der Waals surface area (Å²) >= 11 is 13.2. The highest BCUT2D eigenvalue weighted by Crippen LogP contribution is 2.26. The van der Waals surface area contributed by atoms with E-state index in [1.54, 1.807) is 53.1 Å². The van der Waals surface area contributed by atoms with Gasteiger partial charge < -0.3 is 15.2 Å². The molecule has 0 spiro atoms. The van der Waals surface area contributed by atoms with Gasteiger partial charge in [0.25, 0.3) is 5.91 Å². The SMILES string of the molecule is C=CCn1c(CNC(=O)c2ccccc2)nnc1SCC(=O)Nc1cc(Cl)ccc1Cl. The predicted octanol–water partition coefficient (Wildman–Crippen LogP) is 4.43. The lowest BCUT2D eigenvalue weighted by atomic mass is 10.2. The molecule has 2 amide bonds. The first-order valence-electron chi connectivity index (χ1n) is 9.22. The van der Waals surface area contributed by atoms with E-state index in [1.165, 1.54) is 11.8 Å². The van der Waals surface area contributed by atoms with E-state index < -0.39 is 0 Å². The third-order valence-electron chi connectivity index (χ3n) is 4.08. The molecule has 0 unspecified atom stereocenters. The van der Waals surface area contributed by atoms with Crippen LogP contribution < -0.4 is 10.6 Å². The molecule has 0 fully saturated rings. The van der Waals surface area contributed by atoms with E-state index in [4.69, 9.17) is 23.2 Å². The normalized spacial score (nSPS) is 10.5. The zero-order valence-electron chi connectivity index (χ0n) is 16.3. The van der Waals surface area contributed by atoms with E-state index in [9.17, 15) is 9.59 Å². The number of carbonyl (C=O) groups excluding carboxylic acids is 2. The van der Waals surface area contributed by atoms with Crippen LogP contribution >= 0.6 is 35.0 Å². The summed E-state index contributed by atoms with van der Waals surface area (Å²) in [4.78, 5) is 24.6. The minimum absolute atomic E-state index is 0.0918. The number of rotatable bonds is 9. The van der Waals surface area contributed by atoms with Crippen molar-refractivity contribution in [1.29, 1.82) is 0 Å². The Hall–Kier alpha value is -2.81. The average Bonchev–Trinajstić information content (AvgIpc) is 3.15. The molecule has 0 radical (unpaired) electrons. The van der Waals surface area contributed by atoms with Crippen LogP contribution in [-0.4, -0.2) is 32.3 Å². The van der Waals surface area contributed by atoms with Crippen LogP contribution in [0, 0.1) is 0 Å². The zero-order valence-corrected chi connectivity index (χ0v) is 18.7. The minimum atomic E-state index is -0.263. The Morgan fingerprint density at radius 1 is 1.13 bits per heavy atom. The van der Waals surface area contributed by atoms with Gasteiger partial charge in [0.05, 0.1) is 23.0 Å². The van der Waals surface area contributed by atoms with Gasteiger partial charge in [-0.2, -0.15) is 0 Å². The average molecular weight is 476 g/mol. The van der Waals surface area contributed by atoms with Crippen LogP contribution in [0.4, 0.5) is 5.69 Å². The maximum absolute atomic E-state index is 12.3. The number of allylic oxidation sites excluding steroid dienone is 1. The van der Waals surface area contributed by atoms with Crippen molar-refractivity contribution in [3.63, 3.8) is 0 Å². The summed E-state index contributed by atoms with van der Waals surface area (Å²) in [6.07, 6.45) is 1.70. The van der Waals surface area contributed by atoms with E-state index in [2.05, 4.69) is 27.4 Å². The lowest BCUT2D eigenvalue weighted by Crippen LogP contribution is -2.24. The Kier molecular flexibility index (Phi) is 8.11. The highest BCUT2D eigenvalue weighted by molar-refractivity contribution is 7.99. The Bertz CT molecular complexity index is 1090. The summed E-state index contributed by atoms with van der Waals surface area (Å²) < 4.78 is 1.79. The number of nitrogens with one attached hydrogen (secondary N) is 2. The van der Waals surface area contributed by atoms with Crippen molar-refractivity contribution in [1.82, 2.24) is 20.1 Å². The van der Waals surface area contributed by atoms with Crippen LogP contribution in [0.25, 0.3) is 0 Å². The summed E-state index contributed by atoms with van der Waals surface area (Å²) in [7, 11) is 0. The lowest BCUT2D eigenvalue weighted by molar-refractivity contribution is -0.113. The zero-order chi connectivity index (χ0) is 22.2. The number of thioether (sulfide) groups is 1. The predicted molar refractivity (Wildman–Crippen MR) is 124 cm³/mol. The monoisotopic (exact) mass is 475 g/mol. The molecule has 0 aliphatic rings. The Morgan fingerprint density at radius 2 is 1.90 bits per heavy atom. The van der Waals surface area contributed by atoms with Crippen molar-refractivity contribution < 1.29 is 9.59 Å². The number of anilines is 1. The number of benzene rings is 2. The van der Waals surface area contributed by atoms with Gasteiger partial charge in [-0.05, 0) is 30.3 Å². The number of hydrogen-bond acceptors (Lipinski definition) is 5. The van der Waals surface area contributed by atoms with Crippen molar-refractivity contribution in [3.8, 4) is 0 Å². The van der Waals surface area contributed by atoms with E-state index in [0.717, 1.165) is 0 Å². The molecule has 3 rings (SSSR count). The second-order valence-electron chi connectivity index (χ2n) is 6.31. The third kappa shape index (κ3) is 6.33. The van der Waals surface area contributed by atoms with E-state index >= 15 is 0 Å². The molecule has 2 aromatic carbocycles. The molecule has 2 N–H and O–H groups in total. The van der Waals surface area contributed by atoms with Gasteiger partial charge in [0.2, 0.25) is 5.91 Å².